The molecule has 1 aromatic heterocycles. The molecule has 2 rings (SSSR count). The van der Waals surface area contributed by atoms with Crippen molar-refractivity contribution in [2.24, 2.45) is 0 Å². The number of hydrogen-bond acceptors (Lipinski definition) is 5. The van der Waals surface area contributed by atoms with Crippen LogP contribution in [0.5, 0.6) is 17.5 Å². The average Bonchev–Trinajstić information content (AvgIpc) is 2.37. The van der Waals surface area contributed by atoms with Crippen molar-refractivity contribution in [2.45, 2.75) is 6.92 Å². The van der Waals surface area contributed by atoms with Crippen LogP contribution in [0.3, 0.4) is 0 Å². The molecule has 0 bridgehead atoms. The van der Waals surface area contributed by atoms with E-state index in [1.54, 1.807) is 12.1 Å². The van der Waals surface area contributed by atoms with Gasteiger partial charge in [0.2, 0.25) is 11.8 Å². The first kappa shape index (κ1) is 13.9. The highest BCUT2D eigenvalue weighted by Gasteiger charge is 2.12. The minimum Gasteiger partial charge on any atom is -0.476 e. The van der Waals surface area contributed by atoms with Crippen LogP contribution in [0.2, 0.25) is 5.02 Å². The van der Waals surface area contributed by atoms with Crippen LogP contribution in [-0.2, 0) is 0 Å². The van der Waals surface area contributed by atoms with Crippen molar-refractivity contribution in [1.29, 1.82) is 0 Å². The highest BCUT2D eigenvalue weighted by atomic mass is 79.9. The number of nitrogens with zero attached hydrogens (tertiary/aromatic N) is 2. The fourth-order valence-corrected chi connectivity index (χ4v) is 2.07. The summed E-state index contributed by atoms with van der Waals surface area (Å²) in [6, 6.07) is 5.24. The lowest BCUT2D eigenvalue weighted by Crippen LogP contribution is -2.03. The Bertz CT molecular complexity index is 595. The van der Waals surface area contributed by atoms with Gasteiger partial charge in [0.1, 0.15) is 12.1 Å². The maximum atomic E-state index is 6.06. The lowest BCUT2D eigenvalue weighted by atomic mass is 10.3. The molecule has 1 aromatic carbocycles. The van der Waals surface area contributed by atoms with Crippen LogP contribution in [-0.4, -0.2) is 16.6 Å². The molecule has 100 valence electrons. The third-order valence-electron chi connectivity index (χ3n) is 2.19. The number of nitrogen functional groups attached to an aromatic ring is 1. The van der Waals surface area contributed by atoms with Crippen molar-refractivity contribution in [1.82, 2.24) is 9.97 Å². The number of hydrogen-bond donors (Lipinski definition) is 1. The van der Waals surface area contributed by atoms with E-state index in [9.17, 15) is 0 Å². The van der Waals surface area contributed by atoms with Gasteiger partial charge in [0.05, 0.1) is 11.6 Å². The van der Waals surface area contributed by atoms with E-state index in [1.807, 2.05) is 13.0 Å². The molecular weight excluding hydrogens is 334 g/mol. The van der Waals surface area contributed by atoms with Crippen molar-refractivity contribution in [3.8, 4) is 17.5 Å². The van der Waals surface area contributed by atoms with Gasteiger partial charge in [0.25, 0.3) is 0 Å². The summed E-state index contributed by atoms with van der Waals surface area (Å²) in [6.45, 7) is 2.30. The van der Waals surface area contributed by atoms with E-state index in [2.05, 4.69) is 25.9 Å². The lowest BCUT2D eigenvalue weighted by molar-refractivity contribution is 0.325. The number of ether oxygens (including phenoxy) is 2. The second kappa shape index (κ2) is 6.08. The monoisotopic (exact) mass is 343 g/mol. The summed E-state index contributed by atoms with van der Waals surface area (Å²) in [5.74, 6) is 0.959. The van der Waals surface area contributed by atoms with Gasteiger partial charge in [-0.25, -0.2) is 0 Å². The van der Waals surface area contributed by atoms with E-state index in [1.165, 1.54) is 6.33 Å². The standard InChI is InChI=1S/C12H11BrClN3O2/c1-2-18-11-10(15)12(17-6-16-11)19-9-4-3-7(13)5-8(9)14/h3-6H,2,15H2,1H3. The summed E-state index contributed by atoms with van der Waals surface area (Å²) < 4.78 is 11.7. The summed E-state index contributed by atoms with van der Waals surface area (Å²) in [7, 11) is 0. The van der Waals surface area contributed by atoms with Crippen LogP contribution < -0.4 is 15.2 Å². The minimum absolute atomic E-state index is 0.211. The minimum atomic E-state index is 0.211. The van der Waals surface area contributed by atoms with E-state index >= 15 is 0 Å². The molecule has 1 heterocycles. The number of halogens is 2. The van der Waals surface area contributed by atoms with Crippen LogP contribution in [0.1, 0.15) is 6.92 Å². The maximum Gasteiger partial charge on any atom is 0.249 e. The molecule has 0 fully saturated rings. The molecule has 0 unspecified atom stereocenters. The molecule has 19 heavy (non-hydrogen) atoms. The summed E-state index contributed by atoms with van der Waals surface area (Å²) in [4.78, 5) is 7.90. The third kappa shape index (κ3) is 3.27. The fraction of sp³-hybridized carbons (Fsp3) is 0.167. The zero-order valence-corrected chi connectivity index (χ0v) is 12.4. The highest BCUT2D eigenvalue weighted by molar-refractivity contribution is 9.10. The Labute approximate surface area is 123 Å². The van der Waals surface area contributed by atoms with Crippen LogP contribution >= 0.6 is 27.5 Å². The Morgan fingerprint density at radius 2 is 2.05 bits per heavy atom. The lowest BCUT2D eigenvalue weighted by Gasteiger charge is -2.11. The number of rotatable bonds is 4. The van der Waals surface area contributed by atoms with Crippen LogP contribution in [0.4, 0.5) is 5.69 Å². The van der Waals surface area contributed by atoms with Gasteiger partial charge in [-0.1, -0.05) is 27.5 Å². The molecule has 2 aromatic rings. The van der Waals surface area contributed by atoms with Gasteiger partial charge in [-0.05, 0) is 25.1 Å². The van der Waals surface area contributed by atoms with Crippen LogP contribution in [0.25, 0.3) is 0 Å². The number of nitrogens with two attached hydrogens (primary N) is 1. The normalized spacial score (nSPS) is 10.3. The molecule has 0 spiro atoms. The van der Waals surface area contributed by atoms with Crippen molar-refractivity contribution in [2.75, 3.05) is 12.3 Å². The Balaban J connectivity index is 2.30. The second-order valence-corrected chi connectivity index (χ2v) is 4.83. The van der Waals surface area contributed by atoms with E-state index in [0.29, 0.717) is 23.3 Å². The zero-order valence-electron chi connectivity index (χ0n) is 10.1. The molecule has 2 N–H and O–H groups in total. The Morgan fingerprint density at radius 3 is 2.74 bits per heavy atom. The van der Waals surface area contributed by atoms with Gasteiger partial charge in [0, 0.05) is 4.47 Å². The first-order valence-electron chi connectivity index (χ1n) is 5.48. The first-order chi connectivity index (χ1) is 9.11. The summed E-state index contributed by atoms with van der Waals surface area (Å²) in [6.07, 6.45) is 1.32. The van der Waals surface area contributed by atoms with Crippen molar-refractivity contribution < 1.29 is 9.47 Å². The molecule has 0 aliphatic rings. The average molecular weight is 345 g/mol. The maximum absolute atomic E-state index is 6.06. The largest absolute Gasteiger partial charge is 0.476 e. The Morgan fingerprint density at radius 1 is 1.32 bits per heavy atom. The molecule has 0 radical (unpaired) electrons. The molecule has 7 heteroatoms. The van der Waals surface area contributed by atoms with Gasteiger partial charge >= 0.3 is 0 Å². The Kier molecular flexibility index (Phi) is 4.44. The molecule has 0 atom stereocenters. The van der Waals surface area contributed by atoms with E-state index in [4.69, 9.17) is 26.8 Å². The van der Waals surface area contributed by atoms with E-state index in [-0.39, 0.29) is 11.6 Å². The number of benzene rings is 1. The highest BCUT2D eigenvalue weighted by Crippen LogP contribution is 2.35. The molecule has 0 saturated carbocycles. The summed E-state index contributed by atoms with van der Waals surface area (Å²) >= 11 is 9.38. The topological polar surface area (TPSA) is 70.3 Å². The molecule has 0 aliphatic carbocycles. The SMILES string of the molecule is CCOc1ncnc(Oc2ccc(Br)cc2Cl)c1N. The van der Waals surface area contributed by atoms with Gasteiger partial charge in [-0.3, -0.25) is 0 Å². The van der Waals surface area contributed by atoms with Gasteiger partial charge < -0.3 is 15.2 Å². The second-order valence-electron chi connectivity index (χ2n) is 3.51. The van der Waals surface area contributed by atoms with Crippen LogP contribution in [0.15, 0.2) is 29.0 Å². The van der Waals surface area contributed by atoms with Gasteiger partial charge in [-0.15, -0.1) is 0 Å². The van der Waals surface area contributed by atoms with Crippen molar-refractivity contribution >= 4 is 33.2 Å². The molecule has 0 amide bonds. The first-order valence-corrected chi connectivity index (χ1v) is 6.65. The molecule has 0 aliphatic heterocycles. The Hall–Kier alpha value is -1.53. The van der Waals surface area contributed by atoms with E-state index in [0.717, 1.165) is 4.47 Å². The predicted octanol–water partition coefficient (Wildman–Crippen LogP) is 3.67. The number of aromatic nitrogens is 2. The summed E-state index contributed by atoms with van der Waals surface area (Å²) in [5, 5.41) is 0.449. The molecule has 0 saturated heterocycles. The quantitative estimate of drug-likeness (QED) is 0.916. The van der Waals surface area contributed by atoms with Crippen LogP contribution in [0, 0.1) is 0 Å². The molecular formula is C12H11BrClN3O2. The fourth-order valence-electron chi connectivity index (χ4n) is 1.36. The van der Waals surface area contributed by atoms with Gasteiger partial charge in [-0.2, -0.15) is 9.97 Å². The molecule has 5 nitrogen and oxygen atoms in total. The van der Waals surface area contributed by atoms with Gasteiger partial charge in [0.15, 0.2) is 5.69 Å². The number of anilines is 1. The van der Waals surface area contributed by atoms with Crippen molar-refractivity contribution in [3.63, 3.8) is 0 Å². The zero-order chi connectivity index (χ0) is 13.8. The summed E-state index contributed by atoms with van der Waals surface area (Å²) in [5.41, 5.74) is 6.11. The third-order valence-corrected chi connectivity index (χ3v) is 2.98. The van der Waals surface area contributed by atoms with Crippen molar-refractivity contribution in [3.05, 3.63) is 34.0 Å². The smallest absolute Gasteiger partial charge is 0.249 e. The predicted molar refractivity (Wildman–Crippen MR) is 76.8 cm³/mol. The van der Waals surface area contributed by atoms with E-state index < -0.39 is 0 Å².